The lowest BCUT2D eigenvalue weighted by Gasteiger charge is -2.18. The second-order valence-corrected chi connectivity index (χ2v) is 3.76. The number of Topliss-reactive ketones (excluding diaryl/α,β-unsaturated/α-hetero) is 1. The van der Waals surface area contributed by atoms with Gasteiger partial charge in [-0.3, -0.25) is 9.79 Å². The molecule has 1 aliphatic heterocycles. The van der Waals surface area contributed by atoms with Crippen LogP contribution < -0.4 is 5.32 Å². The summed E-state index contributed by atoms with van der Waals surface area (Å²) in [6.45, 7) is 0. The Morgan fingerprint density at radius 3 is 3.07 bits per heavy atom. The van der Waals surface area contributed by atoms with Gasteiger partial charge in [0.25, 0.3) is 0 Å². The third kappa shape index (κ3) is 2.50. The van der Waals surface area contributed by atoms with Crippen molar-refractivity contribution in [1.29, 1.82) is 0 Å². The predicted octanol–water partition coefficient (Wildman–Crippen LogP) is 0.657. The Morgan fingerprint density at radius 2 is 2.57 bits per heavy atom. The van der Waals surface area contributed by atoms with Gasteiger partial charge in [0.2, 0.25) is 0 Å². The number of allylic oxidation sites excluding steroid dienone is 1. The molecule has 0 fully saturated rings. The van der Waals surface area contributed by atoms with Crippen LogP contribution in [0.5, 0.6) is 0 Å². The van der Waals surface area contributed by atoms with Crippen molar-refractivity contribution in [1.82, 2.24) is 5.32 Å². The fraction of sp³-hybridized carbons (Fsp3) is 0.444. The number of thiocarbonyl (C=S) groups is 1. The lowest BCUT2D eigenvalue weighted by atomic mass is 9.95. The zero-order chi connectivity index (χ0) is 10.6. The van der Waals surface area contributed by atoms with Crippen molar-refractivity contribution in [2.24, 2.45) is 10.9 Å². The largest absolute Gasteiger partial charge is 0.310 e. The van der Waals surface area contributed by atoms with Gasteiger partial charge in [-0.25, -0.2) is 0 Å². The first-order valence-corrected chi connectivity index (χ1v) is 5.30. The van der Waals surface area contributed by atoms with Gasteiger partial charge >= 0.3 is 0 Å². The molecule has 0 radical (unpaired) electrons. The summed E-state index contributed by atoms with van der Waals surface area (Å²) in [5.74, 6) is 0.196. The summed E-state index contributed by atoms with van der Waals surface area (Å²) in [7, 11) is 1.74. The van der Waals surface area contributed by atoms with E-state index in [0.717, 1.165) is 0 Å². The zero-order valence-corrected chi connectivity index (χ0v) is 9.52. The van der Waals surface area contributed by atoms with Crippen LogP contribution in [0, 0.1) is 5.92 Å². The Morgan fingerprint density at radius 1 is 1.86 bits per heavy atom. The maximum Gasteiger partial charge on any atom is 0.162 e. The quantitative estimate of drug-likeness (QED) is 0.548. The van der Waals surface area contributed by atoms with Crippen molar-refractivity contribution in [2.75, 3.05) is 12.8 Å². The van der Waals surface area contributed by atoms with Crippen LogP contribution in [0.2, 0.25) is 0 Å². The lowest BCUT2D eigenvalue weighted by molar-refractivity contribution is -0.121. The molecule has 3 nitrogen and oxygen atoms in total. The van der Waals surface area contributed by atoms with Crippen LogP contribution in [0.25, 0.3) is 0 Å². The van der Waals surface area contributed by atoms with Crippen LogP contribution in [0.1, 0.15) is 0 Å². The highest BCUT2D eigenvalue weighted by molar-refractivity contribution is 7.82. The Hall–Kier alpha value is -0.520. The molecule has 0 aromatic rings. The van der Waals surface area contributed by atoms with E-state index in [1.807, 2.05) is 0 Å². The second kappa shape index (κ2) is 5.38. The molecule has 0 saturated heterocycles. The van der Waals surface area contributed by atoms with Gasteiger partial charge in [-0.1, -0.05) is 18.3 Å². The van der Waals surface area contributed by atoms with E-state index in [4.69, 9.17) is 12.2 Å². The van der Waals surface area contributed by atoms with E-state index in [0.29, 0.717) is 10.6 Å². The molecule has 0 aromatic carbocycles. The van der Waals surface area contributed by atoms with Crippen molar-refractivity contribution in [3.8, 4) is 0 Å². The number of carbonyl (C=O) groups is 1. The van der Waals surface area contributed by atoms with Gasteiger partial charge < -0.3 is 5.32 Å². The Kier molecular flexibility index (Phi) is 4.44. The maximum atomic E-state index is 11.9. The van der Waals surface area contributed by atoms with Crippen molar-refractivity contribution < 1.29 is 4.79 Å². The molecule has 1 aliphatic rings. The average molecular weight is 228 g/mol. The second-order valence-electron chi connectivity index (χ2n) is 2.93. The van der Waals surface area contributed by atoms with Crippen molar-refractivity contribution in [2.45, 2.75) is 6.04 Å². The highest BCUT2D eigenvalue weighted by atomic mass is 32.1. The predicted molar refractivity (Wildman–Crippen MR) is 65.4 cm³/mol. The standard InChI is InChI=1S/C9H12N2OS2/c1-10-7(5-13)9(12)6-2-3-11-4-8(6)14/h2-4,6-7,10,13H,5H2,1H3/t6?,7-/m0/s1. The molecular formula is C9H12N2OS2. The van der Waals surface area contributed by atoms with E-state index < -0.39 is 0 Å². The summed E-state index contributed by atoms with van der Waals surface area (Å²) in [5, 5.41) is 2.91. The topological polar surface area (TPSA) is 41.5 Å². The Bertz CT molecular complexity index is 295. The molecule has 0 aromatic heterocycles. The minimum Gasteiger partial charge on any atom is -0.310 e. The molecule has 76 valence electrons. The van der Waals surface area contributed by atoms with Gasteiger partial charge in [0.15, 0.2) is 5.78 Å². The monoisotopic (exact) mass is 228 g/mol. The molecule has 0 saturated carbocycles. The van der Waals surface area contributed by atoms with Crippen molar-refractivity contribution in [3.63, 3.8) is 0 Å². The van der Waals surface area contributed by atoms with Crippen LogP contribution in [-0.2, 0) is 4.79 Å². The van der Waals surface area contributed by atoms with Crippen LogP contribution >= 0.6 is 24.8 Å². The summed E-state index contributed by atoms with van der Waals surface area (Å²) in [5.41, 5.74) is 0. The zero-order valence-electron chi connectivity index (χ0n) is 7.80. The Balaban J connectivity index is 2.73. The van der Waals surface area contributed by atoms with Gasteiger partial charge in [0, 0.05) is 23.0 Å². The fourth-order valence-corrected chi connectivity index (χ4v) is 1.82. The van der Waals surface area contributed by atoms with Gasteiger partial charge in [-0.15, -0.1) is 0 Å². The third-order valence-electron chi connectivity index (χ3n) is 2.05. The molecule has 2 atom stereocenters. The van der Waals surface area contributed by atoms with Crippen LogP contribution in [0.3, 0.4) is 0 Å². The summed E-state index contributed by atoms with van der Waals surface area (Å²) in [6, 6.07) is -0.252. The smallest absolute Gasteiger partial charge is 0.162 e. The first-order chi connectivity index (χ1) is 6.70. The average Bonchev–Trinajstić information content (AvgIpc) is 2.20. The van der Waals surface area contributed by atoms with Crippen LogP contribution in [0.15, 0.2) is 17.3 Å². The fourth-order valence-electron chi connectivity index (χ4n) is 1.20. The molecular weight excluding hydrogens is 216 g/mol. The molecule has 0 aliphatic carbocycles. The first-order valence-electron chi connectivity index (χ1n) is 4.26. The highest BCUT2D eigenvalue weighted by Gasteiger charge is 2.26. The number of ketones is 1. The third-order valence-corrected chi connectivity index (χ3v) is 2.78. The molecule has 0 spiro atoms. The normalized spacial score (nSPS) is 22.4. The number of aliphatic imine (C=N–C) groups is 1. The summed E-state index contributed by atoms with van der Waals surface area (Å²) >= 11 is 9.14. The summed E-state index contributed by atoms with van der Waals surface area (Å²) in [4.78, 5) is 16.3. The number of thiol groups is 1. The highest BCUT2D eigenvalue weighted by Crippen LogP contribution is 2.11. The number of likely N-dealkylation sites (N-methyl/N-ethyl adjacent to an activating group) is 1. The number of carbonyl (C=O) groups excluding carboxylic acids is 1. The molecule has 0 amide bonds. The van der Waals surface area contributed by atoms with Crippen molar-refractivity contribution >= 4 is 41.7 Å². The molecule has 1 N–H and O–H groups in total. The van der Waals surface area contributed by atoms with Crippen LogP contribution in [0.4, 0.5) is 0 Å². The number of hydrogen-bond donors (Lipinski definition) is 2. The molecule has 1 rings (SSSR count). The number of hydrogen-bond acceptors (Lipinski definition) is 5. The minimum absolute atomic E-state index is 0.0508. The number of nitrogens with one attached hydrogen (secondary N) is 1. The van der Waals surface area contributed by atoms with E-state index in [-0.39, 0.29) is 17.7 Å². The molecule has 14 heavy (non-hydrogen) atoms. The van der Waals surface area contributed by atoms with E-state index >= 15 is 0 Å². The van der Waals surface area contributed by atoms with Crippen LogP contribution in [-0.4, -0.2) is 35.7 Å². The molecule has 1 unspecified atom stereocenters. The van der Waals surface area contributed by atoms with Gasteiger partial charge in [-0.2, -0.15) is 12.6 Å². The SMILES string of the molecule is CN[C@@H](CS)C(=O)C1C=CN=CC1=S. The van der Waals surface area contributed by atoms with Gasteiger partial charge in [-0.05, 0) is 7.05 Å². The Labute approximate surface area is 94.1 Å². The summed E-state index contributed by atoms with van der Waals surface area (Å²) < 4.78 is 0. The van der Waals surface area contributed by atoms with Gasteiger partial charge in [0.1, 0.15) is 0 Å². The lowest BCUT2D eigenvalue weighted by Crippen LogP contribution is -2.42. The number of rotatable bonds is 4. The van der Waals surface area contributed by atoms with E-state index in [1.165, 1.54) is 0 Å². The van der Waals surface area contributed by atoms with Crippen molar-refractivity contribution in [3.05, 3.63) is 12.3 Å². The van der Waals surface area contributed by atoms with E-state index in [1.54, 1.807) is 25.5 Å². The van der Waals surface area contributed by atoms with Gasteiger partial charge in [0.05, 0.1) is 12.0 Å². The molecule has 1 heterocycles. The maximum absolute atomic E-state index is 11.9. The van der Waals surface area contributed by atoms with E-state index in [2.05, 4.69) is 22.9 Å². The molecule has 0 bridgehead atoms. The number of nitrogens with zero attached hydrogens (tertiary/aromatic N) is 1. The molecule has 5 heteroatoms. The minimum atomic E-state index is -0.327. The van der Waals surface area contributed by atoms with E-state index in [9.17, 15) is 4.79 Å². The summed E-state index contributed by atoms with van der Waals surface area (Å²) in [6.07, 6.45) is 4.87. The first kappa shape index (κ1) is 11.6.